The summed E-state index contributed by atoms with van der Waals surface area (Å²) in [6.45, 7) is 6.64. The monoisotopic (exact) mass is 261 g/mol. The van der Waals surface area contributed by atoms with E-state index < -0.39 is 0 Å². The highest BCUT2D eigenvalue weighted by Gasteiger charge is 2.22. The molecule has 0 fully saturated rings. The topological polar surface area (TPSA) is 45.7 Å². The van der Waals surface area contributed by atoms with Crippen LogP contribution in [-0.2, 0) is 16.1 Å². The number of aromatic nitrogens is 1. The minimum Gasteiger partial charge on any atom is -0.375 e. The lowest BCUT2D eigenvalue weighted by atomic mass is 10.2. The lowest BCUT2D eigenvalue weighted by Crippen LogP contribution is -2.37. The number of fused-ring (bicyclic) bond motifs is 1. The van der Waals surface area contributed by atoms with Gasteiger partial charge in [0.15, 0.2) is 0 Å². The molecule has 0 N–H and O–H groups in total. The zero-order valence-electron chi connectivity index (χ0n) is 11.2. The predicted octanol–water partition coefficient (Wildman–Crippen LogP) is 1.06. The lowest BCUT2D eigenvalue weighted by molar-refractivity contribution is -0.135. The average Bonchev–Trinajstić information content (AvgIpc) is 2.60. The van der Waals surface area contributed by atoms with E-state index in [9.17, 15) is 4.79 Å². The molecule has 0 spiro atoms. The van der Waals surface area contributed by atoms with Gasteiger partial charge in [0, 0.05) is 45.0 Å². The number of anilines is 1. The number of nitrogens with zero attached hydrogens (tertiary/aromatic N) is 3. The second kappa shape index (κ2) is 6.33. The molecule has 2 heterocycles. The number of carbonyl (C=O) groups is 1. The van der Waals surface area contributed by atoms with Crippen LogP contribution in [0.5, 0.6) is 0 Å². The summed E-state index contributed by atoms with van der Waals surface area (Å²) >= 11 is 0. The maximum Gasteiger partial charge on any atom is 0.248 e. The third-order valence-corrected chi connectivity index (χ3v) is 3.14. The minimum atomic E-state index is 0.0118. The Bertz CT molecular complexity index is 462. The first-order valence-electron chi connectivity index (χ1n) is 6.32. The molecule has 1 amide bonds. The van der Waals surface area contributed by atoms with Crippen LogP contribution in [-0.4, -0.2) is 49.1 Å². The molecule has 19 heavy (non-hydrogen) atoms. The van der Waals surface area contributed by atoms with Gasteiger partial charge in [0.25, 0.3) is 0 Å². The van der Waals surface area contributed by atoms with E-state index in [1.165, 1.54) is 7.11 Å². The molecule has 0 atom stereocenters. The van der Waals surface area contributed by atoms with Crippen molar-refractivity contribution in [1.29, 1.82) is 0 Å². The van der Waals surface area contributed by atoms with Crippen molar-refractivity contribution in [1.82, 2.24) is 9.88 Å². The summed E-state index contributed by atoms with van der Waals surface area (Å²) in [7, 11) is 1.54. The van der Waals surface area contributed by atoms with E-state index in [0.29, 0.717) is 13.1 Å². The van der Waals surface area contributed by atoms with Gasteiger partial charge in [-0.25, -0.2) is 4.98 Å². The Morgan fingerprint density at radius 2 is 2.42 bits per heavy atom. The van der Waals surface area contributed by atoms with E-state index in [4.69, 9.17) is 4.74 Å². The van der Waals surface area contributed by atoms with E-state index in [1.54, 1.807) is 6.20 Å². The molecular weight excluding hydrogens is 242 g/mol. The molecule has 1 aliphatic heterocycles. The Balaban J connectivity index is 2.23. The van der Waals surface area contributed by atoms with Gasteiger partial charge in [0.1, 0.15) is 12.4 Å². The minimum absolute atomic E-state index is 0.0118. The van der Waals surface area contributed by atoms with Crippen LogP contribution < -0.4 is 4.90 Å². The third kappa shape index (κ3) is 3.12. The molecule has 1 aromatic heterocycles. The predicted molar refractivity (Wildman–Crippen MR) is 73.9 cm³/mol. The van der Waals surface area contributed by atoms with Crippen LogP contribution in [0, 0.1) is 0 Å². The molecular formula is C14H19N3O2. The highest BCUT2D eigenvalue weighted by Crippen LogP contribution is 2.22. The van der Waals surface area contributed by atoms with E-state index in [0.717, 1.165) is 24.5 Å². The fourth-order valence-corrected chi connectivity index (χ4v) is 2.23. The Kier molecular flexibility index (Phi) is 4.52. The van der Waals surface area contributed by atoms with Gasteiger partial charge in [-0.05, 0) is 6.07 Å². The number of amides is 1. The number of methoxy groups -OCH3 is 1. The number of pyridine rings is 1. The molecule has 0 aromatic carbocycles. The Morgan fingerprint density at radius 1 is 1.58 bits per heavy atom. The SMILES string of the molecule is C=CCN1CCN(C(=O)COC)Cc2cccnc21. The quantitative estimate of drug-likeness (QED) is 0.760. The fourth-order valence-electron chi connectivity index (χ4n) is 2.23. The van der Waals surface area contributed by atoms with Crippen molar-refractivity contribution in [2.45, 2.75) is 6.54 Å². The van der Waals surface area contributed by atoms with Crippen molar-refractivity contribution in [3.63, 3.8) is 0 Å². The summed E-state index contributed by atoms with van der Waals surface area (Å²) in [5.41, 5.74) is 1.06. The van der Waals surface area contributed by atoms with Crippen LogP contribution in [0.2, 0.25) is 0 Å². The summed E-state index contributed by atoms with van der Waals surface area (Å²) < 4.78 is 4.92. The van der Waals surface area contributed by atoms with Crippen LogP contribution in [0.1, 0.15) is 5.56 Å². The van der Waals surface area contributed by atoms with Gasteiger partial charge in [0.2, 0.25) is 5.91 Å². The Labute approximate surface area is 113 Å². The van der Waals surface area contributed by atoms with Gasteiger partial charge in [-0.15, -0.1) is 6.58 Å². The molecule has 102 valence electrons. The van der Waals surface area contributed by atoms with E-state index in [1.807, 2.05) is 23.1 Å². The molecule has 1 aromatic rings. The average molecular weight is 261 g/mol. The van der Waals surface area contributed by atoms with Crippen molar-refractivity contribution in [2.75, 3.05) is 38.3 Å². The molecule has 2 rings (SSSR count). The van der Waals surface area contributed by atoms with E-state index in [-0.39, 0.29) is 12.5 Å². The van der Waals surface area contributed by atoms with Gasteiger partial charge in [-0.2, -0.15) is 0 Å². The molecule has 0 unspecified atom stereocenters. The maximum absolute atomic E-state index is 12.0. The van der Waals surface area contributed by atoms with Gasteiger partial charge >= 0.3 is 0 Å². The summed E-state index contributed by atoms with van der Waals surface area (Å²) in [6, 6.07) is 3.91. The van der Waals surface area contributed by atoms with E-state index in [2.05, 4.69) is 16.5 Å². The van der Waals surface area contributed by atoms with Gasteiger partial charge in [-0.3, -0.25) is 4.79 Å². The van der Waals surface area contributed by atoms with Crippen LogP contribution >= 0.6 is 0 Å². The maximum atomic E-state index is 12.0. The molecule has 5 heteroatoms. The Hall–Kier alpha value is -1.88. The summed E-state index contributed by atoms with van der Waals surface area (Å²) in [5.74, 6) is 0.952. The summed E-state index contributed by atoms with van der Waals surface area (Å²) in [6.07, 6.45) is 3.63. The van der Waals surface area contributed by atoms with Crippen molar-refractivity contribution in [3.8, 4) is 0 Å². The van der Waals surface area contributed by atoms with Gasteiger partial charge < -0.3 is 14.5 Å². The second-order valence-corrected chi connectivity index (χ2v) is 4.47. The number of hydrogen-bond acceptors (Lipinski definition) is 4. The summed E-state index contributed by atoms with van der Waals surface area (Å²) in [5, 5.41) is 0. The van der Waals surface area contributed by atoms with Gasteiger partial charge in [-0.1, -0.05) is 12.1 Å². The summed E-state index contributed by atoms with van der Waals surface area (Å²) in [4.78, 5) is 20.3. The molecule has 5 nitrogen and oxygen atoms in total. The number of hydrogen-bond donors (Lipinski definition) is 0. The highest BCUT2D eigenvalue weighted by molar-refractivity contribution is 5.78. The largest absolute Gasteiger partial charge is 0.375 e. The van der Waals surface area contributed by atoms with Crippen molar-refractivity contribution >= 4 is 11.7 Å². The fraction of sp³-hybridized carbons (Fsp3) is 0.429. The number of carbonyl (C=O) groups excluding carboxylic acids is 1. The molecule has 0 saturated carbocycles. The first-order chi connectivity index (χ1) is 9.26. The lowest BCUT2D eigenvalue weighted by Gasteiger charge is -2.22. The highest BCUT2D eigenvalue weighted by atomic mass is 16.5. The van der Waals surface area contributed by atoms with Gasteiger partial charge in [0.05, 0.1) is 0 Å². The van der Waals surface area contributed by atoms with Crippen molar-refractivity contribution in [2.24, 2.45) is 0 Å². The zero-order valence-corrected chi connectivity index (χ0v) is 11.2. The smallest absolute Gasteiger partial charge is 0.248 e. The molecule has 0 bridgehead atoms. The Morgan fingerprint density at radius 3 is 3.16 bits per heavy atom. The zero-order chi connectivity index (χ0) is 13.7. The molecule has 1 aliphatic rings. The van der Waals surface area contributed by atoms with Crippen molar-refractivity contribution < 1.29 is 9.53 Å². The molecule has 0 saturated heterocycles. The van der Waals surface area contributed by atoms with Crippen molar-refractivity contribution in [3.05, 3.63) is 36.5 Å². The van der Waals surface area contributed by atoms with Crippen LogP contribution in [0.25, 0.3) is 0 Å². The second-order valence-electron chi connectivity index (χ2n) is 4.47. The third-order valence-electron chi connectivity index (χ3n) is 3.14. The molecule has 0 radical (unpaired) electrons. The van der Waals surface area contributed by atoms with Crippen LogP contribution in [0.4, 0.5) is 5.82 Å². The van der Waals surface area contributed by atoms with E-state index >= 15 is 0 Å². The first-order valence-corrected chi connectivity index (χ1v) is 6.32. The first kappa shape index (κ1) is 13.5. The standard InChI is InChI=1S/C14H19N3O2/c1-3-7-16-8-9-17(13(18)11-19-2)10-12-5-4-6-15-14(12)16/h3-6H,1,7-11H2,2H3. The normalized spacial score (nSPS) is 14.8. The number of rotatable bonds is 4. The van der Waals surface area contributed by atoms with Crippen LogP contribution in [0.15, 0.2) is 31.0 Å². The number of ether oxygens (including phenoxy) is 1. The van der Waals surface area contributed by atoms with Crippen LogP contribution in [0.3, 0.4) is 0 Å². The molecule has 0 aliphatic carbocycles.